The minimum absolute atomic E-state index is 0.395. The lowest BCUT2D eigenvalue weighted by molar-refractivity contribution is 0.252. The lowest BCUT2D eigenvalue weighted by atomic mass is 10.0. The predicted molar refractivity (Wildman–Crippen MR) is 109 cm³/mol. The van der Waals surface area contributed by atoms with Gasteiger partial charge in [-0.25, -0.2) is 10.2 Å². The third kappa shape index (κ3) is 5.23. The van der Waals surface area contributed by atoms with Gasteiger partial charge in [-0.1, -0.05) is 31.5 Å². The highest BCUT2D eigenvalue weighted by Gasteiger charge is 2.11. The molecule has 0 unspecified atom stereocenters. The molecule has 0 radical (unpaired) electrons. The molecule has 2 amide bonds. The molecule has 0 spiro atoms. The molecule has 0 atom stereocenters. The van der Waals surface area contributed by atoms with Crippen molar-refractivity contribution in [2.75, 3.05) is 19.5 Å². The van der Waals surface area contributed by atoms with Gasteiger partial charge in [0.25, 0.3) is 0 Å². The van der Waals surface area contributed by atoms with E-state index in [9.17, 15) is 4.79 Å². The van der Waals surface area contributed by atoms with Crippen LogP contribution in [-0.2, 0) is 6.42 Å². The number of hydrogen-bond acceptors (Lipinski definition) is 4. The number of aryl methyl sites for hydroxylation is 3. The summed E-state index contributed by atoms with van der Waals surface area (Å²) in [5.41, 5.74) is 7.18. The molecule has 2 aromatic carbocycles. The summed E-state index contributed by atoms with van der Waals surface area (Å²) < 4.78 is 10.8. The first kappa shape index (κ1) is 20.3. The molecule has 2 aromatic rings. The molecular weight excluding hydrogens is 342 g/mol. The second-order valence-electron chi connectivity index (χ2n) is 6.24. The average Bonchev–Trinajstić information content (AvgIpc) is 2.65. The average molecular weight is 369 g/mol. The van der Waals surface area contributed by atoms with Crippen molar-refractivity contribution in [3.63, 3.8) is 0 Å². The lowest BCUT2D eigenvalue weighted by Gasteiger charge is -2.13. The molecular formula is C21H27N3O3. The molecule has 144 valence electrons. The van der Waals surface area contributed by atoms with Crippen molar-refractivity contribution in [3.8, 4) is 11.5 Å². The number of benzene rings is 2. The Hall–Kier alpha value is -3.02. The monoisotopic (exact) mass is 369 g/mol. The van der Waals surface area contributed by atoms with Gasteiger partial charge in [-0.15, -0.1) is 0 Å². The molecule has 0 aliphatic rings. The number of hydrogen-bond donors (Lipinski definition) is 2. The van der Waals surface area contributed by atoms with Gasteiger partial charge >= 0.3 is 6.03 Å². The Morgan fingerprint density at radius 2 is 1.85 bits per heavy atom. The van der Waals surface area contributed by atoms with Crippen LogP contribution in [0.25, 0.3) is 0 Å². The maximum Gasteiger partial charge on any atom is 0.339 e. The van der Waals surface area contributed by atoms with Crippen LogP contribution >= 0.6 is 0 Å². The highest BCUT2D eigenvalue weighted by molar-refractivity contribution is 5.92. The molecule has 2 rings (SSSR count). The summed E-state index contributed by atoms with van der Waals surface area (Å²) >= 11 is 0. The third-order valence-electron chi connectivity index (χ3n) is 4.26. The van der Waals surface area contributed by atoms with Crippen LogP contribution in [0.15, 0.2) is 35.4 Å². The number of para-hydroxylation sites is 1. The van der Waals surface area contributed by atoms with E-state index in [2.05, 4.69) is 22.8 Å². The van der Waals surface area contributed by atoms with Gasteiger partial charge in [-0.05, 0) is 43.0 Å². The number of methoxy groups -OCH3 is 2. The Bertz CT molecular complexity index is 811. The number of hydrazone groups is 1. The van der Waals surface area contributed by atoms with Crippen LogP contribution in [0.4, 0.5) is 10.5 Å². The van der Waals surface area contributed by atoms with Crippen LogP contribution in [0.1, 0.15) is 35.6 Å². The first-order valence-corrected chi connectivity index (χ1v) is 8.91. The Morgan fingerprint density at radius 3 is 2.44 bits per heavy atom. The maximum atomic E-state index is 12.2. The normalized spacial score (nSPS) is 10.7. The van der Waals surface area contributed by atoms with Gasteiger partial charge in [0, 0.05) is 17.3 Å². The number of carbonyl (C=O) groups excluding carboxylic acids is 1. The second-order valence-corrected chi connectivity index (χ2v) is 6.24. The summed E-state index contributed by atoms with van der Waals surface area (Å²) in [6.07, 6.45) is 3.43. The summed E-state index contributed by atoms with van der Waals surface area (Å²) in [6.45, 7) is 6.00. The smallest absolute Gasteiger partial charge is 0.339 e. The first-order valence-electron chi connectivity index (χ1n) is 8.91. The molecule has 0 fully saturated rings. The standard InChI is InChI=1S/C21H27N3O3/c1-6-8-16-11-17(26-4)12-19(27-5)18(16)13-22-24-21(25)23-20-14(2)9-7-10-15(20)3/h7,9-13H,6,8H2,1-5H3,(H2,23,24,25)/b22-13+. The van der Waals surface area contributed by atoms with E-state index in [1.54, 1.807) is 26.5 Å². The van der Waals surface area contributed by atoms with E-state index < -0.39 is 6.03 Å². The molecule has 2 N–H and O–H groups in total. The third-order valence-corrected chi connectivity index (χ3v) is 4.26. The van der Waals surface area contributed by atoms with Crippen molar-refractivity contribution >= 4 is 17.9 Å². The molecule has 0 heterocycles. The Kier molecular flexibility index (Phi) is 7.23. The van der Waals surface area contributed by atoms with Crippen molar-refractivity contribution in [3.05, 3.63) is 52.6 Å². The van der Waals surface area contributed by atoms with Crippen LogP contribution < -0.4 is 20.2 Å². The fourth-order valence-corrected chi connectivity index (χ4v) is 2.87. The topological polar surface area (TPSA) is 72.0 Å². The summed E-state index contributed by atoms with van der Waals surface area (Å²) in [6, 6.07) is 9.22. The van der Waals surface area contributed by atoms with Crippen molar-refractivity contribution < 1.29 is 14.3 Å². The summed E-state index contributed by atoms with van der Waals surface area (Å²) in [5, 5.41) is 6.93. The Morgan fingerprint density at radius 1 is 1.15 bits per heavy atom. The number of nitrogens with zero attached hydrogens (tertiary/aromatic N) is 1. The van der Waals surface area contributed by atoms with Crippen LogP contribution in [-0.4, -0.2) is 26.5 Å². The van der Waals surface area contributed by atoms with Gasteiger partial charge in [0.15, 0.2) is 0 Å². The quantitative estimate of drug-likeness (QED) is 0.560. The van der Waals surface area contributed by atoms with Gasteiger partial charge in [0.2, 0.25) is 0 Å². The first-order chi connectivity index (χ1) is 13.0. The van der Waals surface area contributed by atoms with E-state index in [-0.39, 0.29) is 0 Å². The number of carbonyl (C=O) groups is 1. The molecule has 0 saturated carbocycles. The number of urea groups is 1. The van der Waals surface area contributed by atoms with Gasteiger partial charge < -0.3 is 14.8 Å². The minimum Gasteiger partial charge on any atom is -0.497 e. The zero-order chi connectivity index (χ0) is 19.8. The highest BCUT2D eigenvalue weighted by Crippen LogP contribution is 2.28. The van der Waals surface area contributed by atoms with E-state index in [1.807, 2.05) is 38.1 Å². The summed E-state index contributed by atoms with van der Waals surface area (Å²) in [4.78, 5) is 12.2. The SMILES string of the molecule is CCCc1cc(OC)cc(OC)c1/C=N/NC(=O)Nc1c(C)cccc1C. The van der Waals surface area contributed by atoms with E-state index >= 15 is 0 Å². The highest BCUT2D eigenvalue weighted by atomic mass is 16.5. The van der Waals surface area contributed by atoms with Crippen molar-refractivity contribution in [1.82, 2.24) is 5.43 Å². The molecule has 0 saturated heterocycles. The fraction of sp³-hybridized carbons (Fsp3) is 0.333. The van der Waals surface area contributed by atoms with E-state index in [0.717, 1.165) is 46.5 Å². The minimum atomic E-state index is -0.395. The molecule has 0 aliphatic heterocycles. The van der Waals surface area contributed by atoms with E-state index in [1.165, 1.54) is 0 Å². The number of rotatable bonds is 7. The molecule has 6 nitrogen and oxygen atoms in total. The van der Waals surface area contributed by atoms with Gasteiger partial charge in [-0.3, -0.25) is 0 Å². The van der Waals surface area contributed by atoms with Crippen LogP contribution in [0.3, 0.4) is 0 Å². The summed E-state index contributed by atoms with van der Waals surface area (Å²) in [5.74, 6) is 1.38. The van der Waals surface area contributed by atoms with Gasteiger partial charge in [0.05, 0.1) is 20.4 Å². The fourth-order valence-electron chi connectivity index (χ4n) is 2.87. The zero-order valence-electron chi connectivity index (χ0n) is 16.6. The molecule has 27 heavy (non-hydrogen) atoms. The molecule has 0 aliphatic carbocycles. The molecule has 0 aromatic heterocycles. The lowest BCUT2D eigenvalue weighted by Crippen LogP contribution is -2.25. The number of nitrogens with one attached hydrogen (secondary N) is 2. The Balaban J connectivity index is 2.16. The van der Waals surface area contributed by atoms with Gasteiger partial charge in [-0.2, -0.15) is 5.10 Å². The summed E-state index contributed by atoms with van der Waals surface area (Å²) in [7, 11) is 3.22. The van der Waals surface area contributed by atoms with Crippen LogP contribution in [0, 0.1) is 13.8 Å². The molecule has 0 bridgehead atoms. The van der Waals surface area contributed by atoms with Gasteiger partial charge in [0.1, 0.15) is 11.5 Å². The second kappa shape index (κ2) is 9.62. The number of anilines is 1. The largest absolute Gasteiger partial charge is 0.497 e. The van der Waals surface area contributed by atoms with Crippen molar-refractivity contribution in [2.45, 2.75) is 33.6 Å². The van der Waals surface area contributed by atoms with E-state index in [0.29, 0.717) is 5.75 Å². The molecule has 6 heteroatoms. The van der Waals surface area contributed by atoms with Crippen molar-refractivity contribution in [2.24, 2.45) is 5.10 Å². The maximum absolute atomic E-state index is 12.2. The van der Waals surface area contributed by atoms with Crippen LogP contribution in [0.2, 0.25) is 0 Å². The van der Waals surface area contributed by atoms with E-state index in [4.69, 9.17) is 9.47 Å². The van der Waals surface area contributed by atoms with Crippen molar-refractivity contribution in [1.29, 1.82) is 0 Å². The predicted octanol–water partition coefficient (Wildman–Crippen LogP) is 4.43. The Labute approximate surface area is 160 Å². The zero-order valence-corrected chi connectivity index (χ0v) is 16.6. The van der Waals surface area contributed by atoms with Crippen LogP contribution in [0.5, 0.6) is 11.5 Å². The number of amides is 2. The number of ether oxygens (including phenoxy) is 2.